The van der Waals surface area contributed by atoms with Crippen LogP contribution in [-0.4, -0.2) is 18.9 Å². The first-order chi connectivity index (χ1) is 7.84. The second-order valence-electron chi connectivity index (χ2n) is 5.04. The Labute approximate surface area is 102 Å². The molecule has 3 heteroatoms. The van der Waals surface area contributed by atoms with E-state index in [2.05, 4.69) is 25.5 Å². The summed E-state index contributed by atoms with van der Waals surface area (Å²) >= 11 is 0. The van der Waals surface area contributed by atoms with Gasteiger partial charge in [0.05, 0.1) is 7.11 Å². The number of benzene rings is 1. The van der Waals surface area contributed by atoms with Crippen molar-refractivity contribution in [3.8, 4) is 0 Å². The van der Waals surface area contributed by atoms with E-state index in [0.29, 0.717) is 0 Å². The van der Waals surface area contributed by atoms with Crippen LogP contribution in [0.5, 0.6) is 0 Å². The van der Waals surface area contributed by atoms with Crippen molar-refractivity contribution in [2.45, 2.75) is 32.6 Å². The van der Waals surface area contributed by atoms with E-state index in [1.807, 2.05) is 24.3 Å². The van der Waals surface area contributed by atoms with Crippen molar-refractivity contribution in [3.63, 3.8) is 0 Å². The quantitative estimate of drug-likeness (QED) is 0.595. The molecule has 92 valence electrons. The van der Waals surface area contributed by atoms with Gasteiger partial charge in [0.1, 0.15) is 0 Å². The molecule has 0 aromatic heterocycles. The Morgan fingerprint density at radius 3 is 2.06 bits per heavy atom. The van der Waals surface area contributed by atoms with Gasteiger partial charge in [-0.1, -0.05) is 45.0 Å². The van der Waals surface area contributed by atoms with Gasteiger partial charge in [-0.3, -0.25) is 4.79 Å². The van der Waals surface area contributed by atoms with Crippen molar-refractivity contribution in [1.82, 2.24) is 0 Å². The molecule has 0 aliphatic carbocycles. The zero-order valence-electron chi connectivity index (χ0n) is 10.7. The molecule has 0 aliphatic rings. The highest BCUT2D eigenvalue weighted by molar-refractivity contribution is 6.34. The van der Waals surface area contributed by atoms with Gasteiger partial charge in [-0.05, 0) is 16.5 Å². The number of rotatable bonds is 3. The number of carbonyl (C=O) groups is 2. The summed E-state index contributed by atoms with van der Waals surface area (Å²) in [5.74, 6) is -1.30. The highest BCUT2D eigenvalue weighted by Crippen LogP contribution is 2.22. The molecule has 1 aromatic rings. The van der Waals surface area contributed by atoms with Crippen LogP contribution in [0.2, 0.25) is 0 Å². The van der Waals surface area contributed by atoms with Crippen LogP contribution >= 0.6 is 0 Å². The fourth-order valence-electron chi connectivity index (χ4n) is 1.49. The van der Waals surface area contributed by atoms with Crippen molar-refractivity contribution >= 4 is 11.8 Å². The third kappa shape index (κ3) is 3.70. The number of Topliss-reactive ketones (excluding diaryl/α,β-unsaturated/α-hetero) is 1. The molecule has 1 aromatic carbocycles. The van der Waals surface area contributed by atoms with E-state index in [9.17, 15) is 9.59 Å². The smallest absolute Gasteiger partial charge is 0.374 e. The summed E-state index contributed by atoms with van der Waals surface area (Å²) < 4.78 is 4.37. The molecule has 0 aliphatic heterocycles. The van der Waals surface area contributed by atoms with Crippen LogP contribution in [0.3, 0.4) is 0 Å². The molecule has 0 saturated heterocycles. The normalized spacial score (nSPS) is 11.1. The first kappa shape index (κ1) is 13.4. The van der Waals surface area contributed by atoms with Crippen LogP contribution in [0.25, 0.3) is 0 Å². The molecular formula is C14H18O3. The molecule has 0 radical (unpaired) electrons. The van der Waals surface area contributed by atoms with Crippen LogP contribution in [0.1, 0.15) is 31.9 Å². The largest absolute Gasteiger partial charge is 0.463 e. The average Bonchev–Trinajstić information content (AvgIpc) is 2.27. The molecule has 0 amide bonds. The Morgan fingerprint density at radius 2 is 1.65 bits per heavy atom. The van der Waals surface area contributed by atoms with E-state index in [1.54, 1.807) is 0 Å². The molecule has 0 unspecified atom stereocenters. The number of ketones is 1. The number of esters is 1. The molecule has 3 nitrogen and oxygen atoms in total. The number of carbonyl (C=O) groups excluding carboxylic acids is 2. The molecule has 0 N–H and O–H groups in total. The zero-order chi connectivity index (χ0) is 13.1. The van der Waals surface area contributed by atoms with Crippen molar-refractivity contribution in [2.24, 2.45) is 0 Å². The Balaban J connectivity index is 2.76. The van der Waals surface area contributed by atoms with Crippen LogP contribution in [0.15, 0.2) is 24.3 Å². The second-order valence-corrected chi connectivity index (χ2v) is 5.04. The van der Waals surface area contributed by atoms with E-state index in [0.717, 1.165) is 5.56 Å². The molecule has 0 heterocycles. The first-order valence-corrected chi connectivity index (χ1v) is 5.55. The fraction of sp³-hybridized carbons (Fsp3) is 0.429. The Bertz CT molecular complexity index is 410. The summed E-state index contributed by atoms with van der Waals surface area (Å²) in [4.78, 5) is 22.3. The summed E-state index contributed by atoms with van der Waals surface area (Å²) in [5.41, 5.74) is 2.12. The topological polar surface area (TPSA) is 43.4 Å². The minimum Gasteiger partial charge on any atom is -0.463 e. The lowest BCUT2D eigenvalue weighted by Gasteiger charge is -2.19. The third-order valence-corrected chi connectivity index (χ3v) is 2.60. The van der Waals surface area contributed by atoms with Crippen LogP contribution in [0, 0.1) is 0 Å². The van der Waals surface area contributed by atoms with Crippen molar-refractivity contribution in [1.29, 1.82) is 0 Å². The van der Waals surface area contributed by atoms with Gasteiger partial charge in [-0.15, -0.1) is 0 Å². The molecule has 0 bridgehead atoms. The minimum absolute atomic E-state index is 0.0882. The van der Waals surface area contributed by atoms with E-state index in [1.165, 1.54) is 12.7 Å². The van der Waals surface area contributed by atoms with E-state index in [-0.39, 0.29) is 11.8 Å². The maximum Gasteiger partial charge on any atom is 0.374 e. The predicted molar refractivity (Wildman–Crippen MR) is 65.9 cm³/mol. The summed E-state index contributed by atoms with van der Waals surface area (Å²) in [7, 11) is 1.21. The lowest BCUT2D eigenvalue weighted by molar-refractivity contribution is -0.151. The van der Waals surface area contributed by atoms with Crippen molar-refractivity contribution in [2.75, 3.05) is 7.11 Å². The summed E-state index contributed by atoms with van der Waals surface area (Å²) in [5, 5.41) is 0. The van der Waals surface area contributed by atoms with E-state index >= 15 is 0 Å². The molecular weight excluding hydrogens is 216 g/mol. The Morgan fingerprint density at radius 1 is 1.12 bits per heavy atom. The van der Waals surface area contributed by atoms with Crippen LogP contribution in [0.4, 0.5) is 0 Å². The molecule has 0 spiro atoms. The number of hydrogen-bond acceptors (Lipinski definition) is 3. The summed E-state index contributed by atoms with van der Waals surface area (Å²) in [6.45, 7) is 6.38. The predicted octanol–water partition coefficient (Wildman–Crippen LogP) is 2.27. The van der Waals surface area contributed by atoms with E-state index in [4.69, 9.17) is 0 Å². The van der Waals surface area contributed by atoms with Crippen LogP contribution < -0.4 is 0 Å². The zero-order valence-corrected chi connectivity index (χ0v) is 10.7. The van der Waals surface area contributed by atoms with Gasteiger partial charge >= 0.3 is 5.97 Å². The molecule has 0 saturated carbocycles. The van der Waals surface area contributed by atoms with Gasteiger partial charge in [0.25, 0.3) is 0 Å². The maximum atomic E-state index is 11.4. The molecule has 1 rings (SSSR count). The van der Waals surface area contributed by atoms with Gasteiger partial charge in [0.15, 0.2) is 0 Å². The lowest BCUT2D eigenvalue weighted by atomic mass is 9.86. The average molecular weight is 234 g/mol. The SMILES string of the molecule is COC(=O)C(=O)Cc1ccc(C(C)(C)C)cc1. The van der Waals surface area contributed by atoms with Crippen molar-refractivity contribution in [3.05, 3.63) is 35.4 Å². The maximum absolute atomic E-state index is 11.4. The van der Waals surface area contributed by atoms with Crippen LogP contribution in [-0.2, 0) is 26.2 Å². The highest BCUT2D eigenvalue weighted by atomic mass is 16.5. The number of ether oxygens (including phenoxy) is 1. The Kier molecular flexibility index (Phi) is 4.05. The monoisotopic (exact) mass is 234 g/mol. The summed E-state index contributed by atoms with van der Waals surface area (Å²) in [6.07, 6.45) is 0.0943. The Hall–Kier alpha value is -1.64. The van der Waals surface area contributed by atoms with Gasteiger partial charge in [0, 0.05) is 6.42 Å². The van der Waals surface area contributed by atoms with Gasteiger partial charge in [-0.25, -0.2) is 4.79 Å². The molecule has 17 heavy (non-hydrogen) atoms. The summed E-state index contributed by atoms with van der Waals surface area (Å²) in [6, 6.07) is 7.72. The lowest BCUT2D eigenvalue weighted by Crippen LogP contribution is -2.18. The highest BCUT2D eigenvalue weighted by Gasteiger charge is 2.16. The number of methoxy groups -OCH3 is 1. The van der Waals surface area contributed by atoms with Gasteiger partial charge in [-0.2, -0.15) is 0 Å². The van der Waals surface area contributed by atoms with Gasteiger partial charge < -0.3 is 4.74 Å². The standard InChI is InChI=1S/C14H18O3/c1-14(2,3)11-7-5-10(6-8-11)9-12(15)13(16)17-4/h5-8H,9H2,1-4H3. The third-order valence-electron chi connectivity index (χ3n) is 2.60. The number of hydrogen-bond donors (Lipinski definition) is 0. The minimum atomic E-state index is -0.787. The van der Waals surface area contributed by atoms with Crippen molar-refractivity contribution < 1.29 is 14.3 Å². The molecule has 0 atom stereocenters. The first-order valence-electron chi connectivity index (χ1n) is 5.55. The fourth-order valence-corrected chi connectivity index (χ4v) is 1.49. The van der Waals surface area contributed by atoms with E-state index < -0.39 is 11.8 Å². The second kappa shape index (κ2) is 5.13. The molecule has 0 fully saturated rings. The van der Waals surface area contributed by atoms with Gasteiger partial charge in [0.2, 0.25) is 5.78 Å².